The van der Waals surface area contributed by atoms with Crippen LogP contribution in [0.3, 0.4) is 0 Å². The Morgan fingerprint density at radius 1 is 1.20 bits per heavy atom. The van der Waals surface area contributed by atoms with Crippen molar-refractivity contribution in [2.75, 3.05) is 30.4 Å². The highest BCUT2D eigenvalue weighted by Crippen LogP contribution is 2.39. The van der Waals surface area contributed by atoms with E-state index < -0.39 is 6.03 Å². The standard InChI is InChI=1S/C31H35ClN6O3/c1-19-13-20(2)15-21(14-19)28-29(41-12-9-22-7-5-6-10-34-22)23-16-26(24(32)17-25(23)37(3)30(28)39)38(4)31(40)36-27-8-11-33-18-35-27/h8,11,13-18,22,34H,5-7,9-10,12H2,1-4H3,(H,33,35,36,40). The van der Waals surface area contributed by atoms with Crippen LogP contribution in [-0.2, 0) is 7.05 Å². The number of benzene rings is 2. The van der Waals surface area contributed by atoms with E-state index in [0.717, 1.165) is 36.1 Å². The number of urea groups is 1. The van der Waals surface area contributed by atoms with E-state index >= 15 is 0 Å². The number of aromatic nitrogens is 3. The Morgan fingerprint density at radius 2 is 1.98 bits per heavy atom. The number of pyridine rings is 1. The van der Waals surface area contributed by atoms with Gasteiger partial charge in [-0.15, -0.1) is 0 Å². The minimum atomic E-state index is -0.421. The van der Waals surface area contributed by atoms with Gasteiger partial charge in [-0.1, -0.05) is 47.3 Å². The molecule has 10 heteroatoms. The molecule has 1 aliphatic heterocycles. The number of fused-ring (bicyclic) bond motifs is 1. The molecule has 2 N–H and O–H groups in total. The molecule has 1 fully saturated rings. The van der Waals surface area contributed by atoms with E-state index in [9.17, 15) is 9.59 Å². The van der Waals surface area contributed by atoms with Crippen LogP contribution in [0.15, 0.2) is 53.7 Å². The molecule has 3 heterocycles. The Labute approximate surface area is 244 Å². The molecule has 0 bridgehead atoms. The molecule has 2 aromatic heterocycles. The zero-order valence-corrected chi connectivity index (χ0v) is 24.6. The smallest absolute Gasteiger partial charge is 0.327 e. The lowest BCUT2D eigenvalue weighted by Crippen LogP contribution is -2.35. The molecule has 1 aliphatic rings. The van der Waals surface area contributed by atoms with Gasteiger partial charge in [0.25, 0.3) is 5.56 Å². The van der Waals surface area contributed by atoms with Gasteiger partial charge in [-0.25, -0.2) is 14.8 Å². The lowest BCUT2D eigenvalue weighted by molar-refractivity contribution is 0.258. The summed E-state index contributed by atoms with van der Waals surface area (Å²) in [6.45, 7) is 5.49. The number of carbonyl (C=O) groups is 1. The Hall–Kier alpha value is -3.95. The number of piperidine rings is 1. The normalized spacial score (nSPS) is 15.1. The maximum atomic E-state index is 13.9. The summed E-state index contributed by atoms with van der Waals surface area (Å²) in [6, 6.07) is 11.2. The van der Waals surface area contributed by atoms with Crippen molar-refractivity contribution in [3.05, 3.63) is 75.4 Å². The quantitative estimate of drug-likeness (QED) is 0.287. The van der Waals surface area contributed by atoms with E-state index in [4.69, 9.17) is 16.3 Å². The predicted octanol–water partition coefficient (Wildman–Crippen LogP) is 5.85. The lowest BCUT2D eigenvalue weighted by Gasteiger charge is -2.25. The average Bonchev–Trinajstić information content (AvgIpc) is 2.95. The second kappa shape index (κ2) is 12.3. The molecule has 1 unspecified atom stereocenters. The zero-order valence-electron chi connectivity index (χ0n) is 23.8. The van der Waals surface area contributed by atoms with E-state index in [-0.39, 0.29) is 5.56 Å². The van der Waals surface area contributed by atoms with Crippen LogP contribution >= 0.6 is 11.6 Å². The van der Waals surface area contributed by atoms with Crippen molar-refractivity contribution in [2.45, 2.75) is 45.6 Å². The van der Waals surface area contributed by atoms with Crippen LogP contribution in [0.5, 0.6) is 5.75 Å². The summed E-state index contributed by atoms with van der Waals surface area (Å²) < 4.78 is 8.11. The second-order valence-electron chi connectivity index (χ2n) is 10.6. The van der Waals surface area contributed by atoms with E-state index in [0.29, 0.717) is 51.4 Å². The number of nitrogens with zero attached hydrogens (tertiary/aromatic N) is 4. The van der Waals surface area contributed by atoms with Gasteiger partial charge >= 0.3 is 6.03 Å². The molecule has 4 aromatic rings. The number of halogens is 1. The first kappa shape index (κ1) is 28.6. The number of hydrogen-bond donors (Lipinski definition) is 2. The topological polar surface area (TPSA) is 101 Å². The van der Waals surface area contributed by atoms with Gasteiger partial charge in [-0.3, -0.25) is 15.0 Å². The third-order valence-corrected chi connectivity index (χ3v) is 7.84. The fourth-order valence-electron chi connectivity index (χ4n) is 5.44. The predicted molar refractivity (Wildman–Crippen MR) is 164 cm³/mol. The van der Waals surface area contributed by atoms with Crippen molar-refractivity contribution in [2.24, 2.45) is 7.05 Å². The van der Waals surface area contributed by atoms with Crippen LogP contribution < -0.4 is 25.8 Å². The molecule has 0 aliphatic carbocycles. The number of rotatable bonds is 7. The molecule has 9 nitrogen and oxygen atoms in total. The number of aryl methyl sites for hydroxylation is 3. The molecule has 0 spiro atoms. The zero-order chi connectivity index (χ0) is 29.1. The number of amides is 2. The van der Waals surface area contributed by atoms with Gasteiger partial charge in [-0.05, 0) is 63.4 Å². The van der Waals surface area contributed by atoms with Gasteiger partial charge in [-0.2, -0.15) is 0 Å². The highest BCUT2D eigenvalue weighted by atomic mass is 35.5. The van der Waals surface area contributed by atoms with Gasteiger partial charge in [0.05, 0.1) is 28.4 Å². The Bertz CT molecular complexity index is 1610. The summed E-state index contributed by atoms with van der Waals surface area (Å²) in [4.78, 5) is 36.4. The van der Waals surface area contributed by atoms with E-state index in [2.05, 4.69) is 26.7 Å². The molecule has 0 saturated carbocycles. The molecule has 1 atom stereocenters. The van der Waals surface area contributed by atoms with E-state index in [1.54, 1.807) is 37.0 Å². The first-order valence-corrected chi connectivity index (χ1v) is 14.2. The van der Waals surface area contributed by atoms with Crippen molar-refractivity contribution in [3.8, 4) is 16.9 Å². The van der Waals surface area contributed by atoms with Gasteiger partial charge < -0.3 is 14.6 Å². The summed E-state index contributed by atoms with van der Waals surface area (Å²) in [7, 11) is 3.36. The molecule has 5 rings (SSSR count). The molecular weight excluding hydrogens is 540 g/mol. The molecule has 0 radical (unpaired) electrons. The highest BCUT2D eigenvalue weighted by molar-refractivity contribution is 6.35. The minimum absolute atomic E-state index is 0.174. The van der Waals surface area contributed by atoms with Crippen LogP contribution in [0, 0.1) is 13.8 Å². The van der Waals surface area contributed by atoms with Crippen LogP contribution in [0.2, 0.25) is 5.02 Å². The van der Waals surface area contributed by atoms with Gasteiger partial charge in [0, 0.05) is 31.7 Å². The summed E-state index contributed by atoms with van der Waals surface area (Å²) in [5.41, 5.74) is 4.30. The van der Waals surface area contributed by atoms with Gasteiger partial charge in [0.1, 0.15) is 17.9 Å². The van der Waals surface area contributed by atoms with Crippen molar-refractivity contribution in [1.29, 1.82) is 0 Å². The Morgan fingerprint density at radius 3 is 2.66 bits per heavy atom. The summed E-state index contributed by atoms with van der Waals surface area (Å²) in [5.74, 6) is 0.861. The number of anilines is 2. The third-order valence-electron chi connectivity index (χ3n) is 7.54. The van der Waals surface area contributed by atoms with Crippen molar-refractivity contribution < 1.29 is 9.53 Å². The summed E-state index contributed by atoms with van der Waals surface area (Å²) in [6.07, 6.45) is 7.23. The molecule has 2 aromatic carbocycles. The Kier molecular flexibility index (Phi) is 8.56. The molecule has 41 heavy (non-hydrogen) atoms. The number of carbonyl (C=O) groups excluding carboxylic acids is 1. The first-order chi connectivity index (χ1) is 19.7. The van der Waals surface area contributed by atoms with Crippen molar-refractivity contribution >= 4 is 40.0 Å². The summed E-state index contributed by atoms with van der Waals surface area (Å²) >= 11 is 6.71. The number of nitrogens with one attached hydrogen (secondary N) is 2. The highest BCUT2D eigenvalue weighted by Gasteiger charge is 2.23. The summed E-state index contributed by atoms with van der Waals surface area (Å²) in [5, 5.41) is 7.34. The van der Waals surface area contributed by atoms with Crippen LogP contribution in [0.1, 0.15) is 36.8 Å². The Balaban J connectivity index is 1.62. The lowest BCUT2D eigenvalue weighted by atomic mass is 9.98. The molecular formula is C31H35ClN6O3. The van der Waals surface area contributed by atoms with Gasteiger partial charge in [0.15, 0.2) is 0 Å². The number of hydrogen-bond acceptors (Lipinski definition) is 6. The molecule has 214 valence electrons. The monoisotopic (exact) mass is 574 g/mol. The largest absolute Gasteiger partial charge is 0.492 e. The van der Waals surface area contributed by atoms with E-state index in [1.165, 1.54) is 24.1 Å². The van der Waals surface area contributed by atoms with Gasteiger partial charge in [0.2, 0.25) is 0 Å². The molecule has 2 amide bonds. The SMILES string of the molecule is Cc1cc(C)cc(-c2c(OCCC3CCCCN3)c3cc(N(C)C(=O)Nc4ccncn4)c(Cl)cc3n(C)c2=O)c1. The third kappa shape index (κ3) is 6.21. The van der Waals surface area contributed by atoms with E-state index in [1.807, 2.05) is 32.0 Å². The maximum absolute atomic E-state index is 13.9. The first-order valence-electron chi connectivity index (χ1n) is 13.8. The van der Waals surface area contributed by atoms with Crippen LogP contribution in [0.25, 0.3) is 22.0 Å². The minimum Gasteiger partial charge on any atom is -0.492 e. The molecule has 1 saturated heterocycles. The van der Waals surface area contributed by atoms with Crippen LogP contribution in [0.4, 0.5) is 16.3 Å². The van der Waals surface area contributed by atoms with Crippen molar-refractivity contribution in [1.82, 2.24) is 19.9 Å². The second-order valence-corrected chi connectivity index (χ2v) is 11.0. The average molecular weight is 575 g/mol. The maximum Gasteiger partial charge on any atom is 0.327 e. The fourth-order valence-corrected chi connectivity index (χ4v) is 5.73. The van der Waals surface area contributed by atoms with Crippen LogP contribution in [-0.4, -0.2) is 46.8 Å². The fraction of sp³-hybridized carbons (Fsp3) is 0.355. The number of ether oxygens (including phenoxy) is 1. The van der Waals surface area contributed by atoms with Crippen molar-refractivity contribution in [3.63, 3.8) is 0 Å².